The number of para-hydroxylation sites is 1. The van der Waals surface area contributed by atoms with Crippen LogP contribution in [0.15, 0.2) is 84.4 Å². The molecule has 0 radical (unpaired) electrons. The maximum Gasteiger partial charge on any atom is 0.264 e. The van der Waals surface area contributed by atoms with Crippen LogP contribution in [0.25, 0.3) is 16.5 Å². The zero-order valence-electron chi connectivity index (χ0n) is 24.2. The van der Waals surface area contributed by atoms with E-state index < -0.39 is 17.9 Å². The largest absolute Gasteiger partial charge is 0.381 e. The number of nitrogens with zero attached hydrogens (tertiary/aromatic N) is 5. The molecule has 5 aromatic rings. The number of anilines is 2. The van der Waals surface area contributed by atoms with Gasteiger partial charge in [0, 0.05) is 36.7 Å². The summed E-state index contributed by atoms with van der Waals surface area (Å²) in [6, 6.07) is 15.8. The molecule has 3 aromatic heterocycles. The molecule has 12 nitrogen and oxygen atoms in total. The van der Waals surface area contributed by atoms with Gasteiger partial charge < -0.3 is 22.1 Å². The van der Waals surface area contributed by atoms with Gasteiger partial charge in [-0.2, -0.15) is 10.2 Å². The number of aryl methyl sites for hydroxylation is 1. The fourth-order valence-corrected chi connectivity index (χ4v) is 4.95. The van der Waals surface area contributed by atoms with Crippen LogP contribution >= 0.6 is 0 Å². The van der Waals surface area contributed by atoms with E-state index in [-0.39, 0.29) is 23.5 Å². The lowest BCUT2D eigenvalue weighted by molar-refractivity contribution is -0.118. The minimum Gasteiger partial charge on any atom is -0.381 e. The second-order valence-electron chi connectivity index (χ2n) is 10.1. The summed E-state index contributed by atoms with van der Waals surface area (Å²) in [5, 5.41) is 15.5. The van der Waals surface area contributed by atoms with E-state index >= 15 is 0 Å². The van der Waals surface area contributed by atoms with Gasteiger partial charge >= 0.3 is 0 Å². The van der Waals surface area contributed by atoms with Crippen molar-refractivity contribution < 1.29 is 9.59 Å². The van der Waals surface area contributed by atoms with Gasteiger partial charge in [0.1, 0.15) is 17.9 Å². The molecular formula is C32H31N9O3. The number of aromatic nitrogens is 5. The van der Waals surface area contributed by atoms with Crippen molar-refractivity contribution in [2.45, 2.75) is 19.5 Å². The van der Waals surface area contributed by atoms with E-state index in [2.05, 4.69) is 39.3 Å². The topological polar surface area (TPSA) is 168 Å². The Morgan fingerprint density at radius 1 is 1.14 bits per heavy atom. The second kappa shape index (κ2) is 12.4. The number of fused-ring (bicyclic) bond motifs is 1. The molecule has 2 amide bonds. The van der Waals surface area contributed by atoms with E-state index in [9.17, 15) is 14.4 Å². The Labute approximate surface area is 253 Å². The first-order chi connectivity index (χ1) is 21.2. The molecule has 6 N–H and O–H groups in total. The highest BCUT2D eigenvalue weighted by atomic mass is 16.2. The van der Waals surface area contributed by atoms with E-state index in [4.69, 9.17) is 11.5 Å². The quantitative estimate of drug-likeness (QED) is 0.151. The Bertz CT molecular complexity index is 2010. The Morgan fingerprint density at radius 2 is 1.91 bits per heavy atom. The third-order valence-corrected chi connectivity index (χ3v) is 6.89. The summed E-state index contributed by atoms with van der Waals surface area (Å²) in [5.41, 5.74) is 13.5. The summed E-state index contributed by atoms with van der Waals surface area (Å²) in [7, 11) is 1.69. The normalized spacial score (nSPS) is 11.4. The fourth-order valence-electron chi connectivity index (χ4n) is 4.95. The number of nitrogens with two attached hydrogens (primary N) is 2. The second-order valence-corrected chi connectivity index (χ2v) is 10.1. The zero-order chi connectivity index (χ0) is 31.4. The number of nitrogens with one attached hydrogen (secondary N) is 2. The van der Waals surface area contributed by atoms with Crippen LogP contribution in [0, 0.1) is 11.8 Å². The highest BCUT2D eigenvalue weighted by Gasteiger charge is 2.25. The first kappa shape index (κ1) is 29.4. The van der Waals surface area contributed by atoms with Crippen LogP contribution in [0.4, 0.5) is 11.6 Å². The number of benzene rings is 2. The summed E-state index contributed by atoms with van der Waals surface area (Å²) in [4.78, 5) is 39.0. The van der Waals surface area contributed by atoms with Crippen molar-refractivity contribution in [2.75, 3.05) is 17.6 Å². The SMILES string of the molecule is C=CCNc1c(C(=O)NC(C)c2cc3cccc(C#Cc4cnn(CC(N)=O)c4)c3c(=O)n2-c2ccccc2)c(N)nn1C. The van der Waals surface area contributed by atoms with Gasteiger partial charge in [-0.1, -0.05) is 48.2 Å². The first-order valence-corrected chi connectivity index (χ1v) is 13.7. The third kappa shape index (κ3) is 5.93. The average Bonchev–Trinajstić information content (AvgIpc) is 3.56. The molecular weight excluding hydrogens is 558 g/mol. The molecule has 3 heterocycles. The van der Waals surface area contributed by atoms with Crippen LogP contribution in [0.1, 0.15) is 40.1 Å². The lowest BCUT2D eigenvalue weighted by Crippen LogP contribution is -2.32. The molecule has 5 rings (SSSR count). The van der Waals surface area contributed by atoms with Gasteiger partial charge in [0.2, 0.25) is 5.91 Å². The van der Waals surface area contributed by atoms with Gasteiger partial charge in [0.15, 0.2) is 5.82 Å². The van der Waals surface area contributed by atoms with Gasteiger partial charge in [-0.25, -0.2) is 0 Å². The molecule has 44 heavy (non-hydrogen) atoms. The Morgan fingerprint density at radius 3 is 2.64 bits per heavy atom. The molecule has 222 valence electrons. The summed E-state index contributed by atoms with van der Waals surface area (Å²) in [6.07, 6.45) is 4.80. The van der Waals surface area contributed by atoms with Crippen molar-refractivity contribution in [1.29, 1.82) is 0 Å². The summed E-state index contributed by atoms with van der Waals surface area (Å²) in [5.74, 6) is 5.67. The molecule has 12 heteroatoms. The van der Waals surface area contributed by atoms with Crippen LogP contribution in [-0.4, -0.2) is 42.5 Å². The number of carbonyl (C=O) groups is 2. The number of amides is 2. The highest BCUT2D eigenvalue weighted by Crippen LogP contribution is 2.26. The number of pyridine rings is 1. The Kier molecular flexibility index (Phi) is 8.30. The van der Waals surface area contributed by atoms with Crippen molar-refractivity contribution in [1.82, 2.24) is 29.4 Å². The molecule has 0 spiro atoms. The zero-order valence-corrected chi connectivity index (χ0v) is 24.2. The number of carbonyl (C=O) groups excluding carboxylic acids is 2. The number of hydrogen-bond donors (Lipinski definition) is 4. The van der Waals surface area contributed by atoms with Crippen molar-refractivity contribution in [3.05, 3.63) is 112 Å². The molecule has 0 aliphatic carbocycles. The van der Waals surface area contributed by atoms with E-state index in [0.717, 1.165) is 0 Å². The Balaban J connectivity index is 1.58. The van der Waals surface area contributed by atoms with Crippen molar-refractivity contribution >= 4 is 34.2 Å². The third-order valence-electron chi connectivity index (χ3n) is 6.89. The molecule has 0 bridgehead atoms. The number of nitrogen functional groups attached to an aromatic ring is 1. The summed E-state index contributed by atoms with van der Waals surface area (Å²) >= 11 is 0. The van der Waals surface area contributed by atoms with Gasteiger partial charge in [-0.05, 0) is 36.6 Å². The molecule has 1 atom stereocenters. The van der Waals surface area contributed by atoms with Crippen molar-refractivity contribution in [3.8, 4) is 17.5 Å². The van der Waals surface area contributed by atoms with E-state index in [0.29, 0.717) is 45.6 Å². The van der Waals surface area contributed by atoms with Crippen LogP contribution in [0.2, 0.25) is 0 Å². The lowest BCUT2D eigenvalue weighted by Gasteiger charge is -2.21. The average molecular weight is 590 g/mol. The fraction of sp³-hybridized carbons (Fsp3) is 0.156. The van der Waals surface area contributed by atoms with Gasteiger partial charge in [0.25, 0.3) is 11.5 Å². The molecule has 0 fully saturated rings. The number of hydrogen-bond acceptors (Lipinski definition) is 7. The molecule has 1 unspecified atom stereocenters. The van der Waals surface area contributed by atoms with Crippen molar-refractivity contribution in [2.24, 2.45) is 12.8 Å². The van der Waals surface area contributed by atoms with Gasteiger partial charge in [-0.15, -0.1) is 6.58 Å². The van der Waals surface area contributed by atoms with Crippen LogP contribution in [0.3, 0.4) is 0 Å². The van der Waals surface area contributed by atoms with Crippen LogP contribution < -0.4 is 27.7 Å². The molecule has 2 aromatic carbocycles. The molecule has 0 aliphatic rings. The predicted molar refractivity (Wildman–Crippen MR) is 169 cm³/mol. The van der Waals surface area contributed by atoms with Crippen molar-refractivity contribution in [3.63, 3.8) is 0 Å². The maximum absolute atomic E-state index is 14.3. The monoisotopic (exact) mass is 589 g/mol. The lowest BCUT2D eigenvalue weighted by atomic mass is 10.0. The minimum absolute atomic E-state index is 0.0603. The van der Waals surface area contributed by atoms with Crippen LogP contribution in [-0.2, 0) is 18.4 Å². The summed E-state index contributed by atoms with van der Waals surface area (Å²) in [6.45, 7) is 5.86. The standard InChI is InChI=1S/C32H31N9O3/c1-4-15-35-30-28(29(34)38-39(30)3)31(43)37-20(2)25-16-23-10-8-9-22(14-13-21-17-36-40(18-21)19-26(33)42)27(23)32(44)41(25)24-11-6-5-7-12-24/h4-12,16-18,20,35H,1,15,19H2,2-3H3,(H2,33,42)(H2,34,38)(H,37,43). The molecule has 0 saturated heterocycles. The minimum atomic E-state index is -0.613. The van der Waals surface area contributed by atoms with E-state index in [1.165, 1.54) is 15.6 Å². The highest BCUT2D eigenvalue weighted by molar-refractivity contribution is 6.03. The van der Waals surface area contributed by atoms with Crippen LogP contribution in [0.5, 0.6) is 0 Å². The number of primary amides is 1. The van der Waals surface area contributed by atoms with Gasteiger partial charge in [0.05, 0.1) is 23.2 Å². The smallest absolute Gasteiger partial charge is 0.264 e. The maximum atomic E-state index is 14.3. The summed E-state index contributed by atoms with van der Waals surface area (Å²) < 4.78 is 4.48. The van der Waals surface area contributed by atoms with E-state index in [1.54, 1.807) is 36.9 Å². The first-order valence-electron chi connectivity index (χ1n) is 13.7. The molecule has 0 aliphatic heterocycles. The molecule has 0 saturated carbocycles. The predicted octanol–water partition coefficient (Wildman–Crippen LogP) is 2.48. The van der Waals surface area contributed by atoms with Gasteiger partial charge in [-0.3, -0.25) is 28.3 Å². The number of rotatable bonds is 9. The van der Waals surface area contributed by atoms with E-state index in [1.807, 2.05) is 48.5 Å². The Hall–Kier alpha value is -6.09.